The zero-order chi connectivity index (χ0) is 15.0. The van der Waals surface area contributed by atoms with Crippen molar-refractivity contribution in [2.24, 2.45) is 0 Å². The average molecular weight is 290 g/mol. The van der Waals surface area contributed by atoms with Crippen LogP contribution in [0.25, 0.3) is 0 Å². The van der Waals surface area contributed by atoms with Crippen LogP contribution in [-0.4, -0.2) is 21.0 Å². The molecule has 0 bridgehead atoms. The predicted molar refractivity (Wildman–Crippen MR) is 72.6 cm³/mol. The van der Waals surface area contributed by atoms with Crippen LogP contribution in [0.2, 0.25) is 0 Å². The smallest absolute Gasteiger partial charge is 0.274 e. The first-order chi connectivity index (χ1) is 10.0. The molecular weight excluding hydrogens is 272 g/mol. The lowest BCUT2D eigenvalue weighted by atomic mass is 10.0. The Labute approximate surface area is 122 Å². The number of carbonyl (C=O) groups excluding carboxylic acids is 1. The lowest BCUT2D eigenvalue weighted by Gasteiger charge is -2.21. The number of amides is 1. The van der Waals surface area contributed by atoms with Crippen LogP contribution in [0.15, 0.2) is 15.3 Å². The van der Waals surface area contributed by atoms with E-state index in [1.54, 1.807) is 0 Å². The zero-order valence-corrected chi connectivity index (χ0v) is 12.3. The molecular formula is C14H18N4O3. The lowest BCUT2D eigenvalue weighted by molar-refractivity contribution is 0.0900. The second kappa shape index (κ2) is 4.98. The van der Waals surface area contributed by atoms with Crippen molar-refractivity contribution in [1.29, 1.82) is 0 Å². The molecule has 1 aliphatic rings. The summed E-state index contributed by atoms with van der Waals surface area (Å²) in [6.45, 7) is 5.58. The molecule has 0 unspecified atom stereocenters. The predicted octanol–water partition coefficient (Wildman–Crippen LogP) is 2.16. The van der Waals surface area contributed by atoms with E-state index in [1.807, 2.05) is 20.8 Å². The SMILES string of the molecule is CCc1nc(C(C)(C)NC(=O)c2ncoc2C2CC2)no1. The number of aromatic nitrogens is 3. The van der Waals surface area contributed by atoms with E-state index in [0.29, 0.717) is 35.5 Å². The molecule has 0 atom stereocenters. The van der Waals surface area contributed by atoms with Crippen molar-refractivity contribution >= 4 is 5.91 Å². The van der Waals surface area contributed by atoms with Crippen LogP contribution in [0.3, 0.4) is 0 Å². The fraction of sp³-hybridized carbons (Fsp3) is 0.571. The van der Waals surface area contributed by atoms with Gasteiger partial charge in [-0.25, -0.2) is 4.98 Å². The minimum absolute atomic E-state index is 0.279. The third-order valence-electron chi connectivity index (χ3n) is 3.51. The highest BCUT2D eigenvalue weighted by atomic mass is 16.5. The molecule has 2 heterocycles. The molecule has 0 radical (unpaired) electrons. The molecule has 112 valence electrons. The van der Waals surface area contributed by atoms with Gasteiger partial charge in [-0.2, -0.15) is 4.98 Å². The van der Waals surface area contributed by atoms with Gasteiger partial charge in [0.1, 0.15) is 5.76 Å². The zero-order valence-electron chi connectivity index (χ0n) is 12.3. The van der Waals surface area contributed by atoms with Crippen molar-refractivity contribution in [3.63, 3.8) is 0 Å². The average Bonchev–Trinajstić information content (AvgIpc) is 2.99. The van der Waals surface area contributed by atoms with E-state index >= 15 is 0 Å². The van der Waals surface area contributed by atoms with Crippen LogP contribution in [0.5, 0.6) is 0 Å². The molecule has 2 aromatic heterocycles. The maximum Gasteiger partial charge on any atom is 0.274 e. The monoisotopic (exact) mass is 290 g/mol. The molecule has 1 N–H and O–H groups in total. The Bertz CT molecular complexity index is 655. The van der Waals surface area contributed by atoms with Crippen LogP contribution in [0.1, 0.15) is 67.5 Å². The van der Waals surface area contributed by atoms with E-state index in [9.17, 15) is 4.79 Å². The van der Waals surface area contributed by atoms with E-state index in [2.05, 4.69) is 20.4 Å². The Morgan fingerprint density at radius 2 is 2.24 bits per heavy atom. The van der Waals surface area contributed by atoms with Gasteiger partial charge in [-0.3, -0.25) is 4.79 Å². The van der Waals surface area contributed by atoms with Crippen LogP contribution in [0, 0.1) is 0 Å². The van der Waals surface area contributed by atoms with Crippen molar-refractivity contribution in [2.75, 3.05) is 0 Å². The molecule has 0 aromatic carbocycles. The second-order valence-electron chi connectivity index (χ2n) is 5.78. The first-order valence-corrected chi connectivity index (χ1v) is 7.10. The van der Waals surface area contributed by atoms with Crippen molar-refractivity contribution in [3.05, 3.63) is 29.6 Å². The maximum atomic E-state index is 12.4. The molecule has 0 saturated heterocycles. The summed E-state index contributed by atoms with van der Waals surface area (Å²) in [5, 5.41) is 6.81. The van der Waals surface area contributed by atoms with Gasteiger partial charge in [0, 0.05) is 12.3 Å². The van der Waals surface area contributed by atoms with E-state index in [1.165, 1.54) is 6.39 Å². The topological polar surface area (TPSA) is 94.1 Å². The first kappa shape index (κ1) is 13.8. The van der Waals surface area contributed by atoms with Gasteiger partial charge < -0.3 is 14.3 Å². The highest BCUT2D eigenvalue weighted by Gasteiger charge is 2.35. The Morgan fingerprint density at radius 3 is 2.86 bits per heavy atom. The molecule has 2 aromatic rings. The van der Waals surface area contributed by atoms with Crippen molar-refractivity contribution in [2.45, 2.75) is 51.5 Å². The number of carbonyl (C=O) groups is 1. The summed E-state index contributed by atoms with van der Waals surface area (Å²) in [6, 6.07) is 0. The molecule has 1 aliphatic carbocycles. The third kappa shape index (κ3) is 2.68. The number of nitrogens with zero attached hydrogens (tertiary/aromatic N) is 3. The van der Waals surface area contributed by atoms with Gasteiger partial charge in [-0.1, -0.05) is 12.1 Å². The van der Waals surface area contributed by atoms with Crippen LogP contribution >= 0.6 is 0 Å². The van der Waals surface area contributed by atoms with Gasteiger partial charge in [-0.05, 0) is 26.7 Å². The molecule has 1 amide bonds. The highest BCUT2D eigenvalue weighted by Crippen LogP contribution is 2.41. The van der Waals surface area contributed by atoms with Crippen LogP contribution < -0.4 is 5.32 Å². The summed E-state index contributed by atoms with van der Waals surface area (Å²) in [5.41, 5.74) is -0.391. The fourth-order valence-electron chi connectivity index (χ4n) is 2.11. The summed E-state index contributed by atoms with van der Waals surface area (Å²) < 4.78 is 10.4. The number of rotatable bonds is 5. The number of hydrogen-bond acceptors (Lipinski definition) is 6. The van der Waals surface area contributed by atoms with Gasteiger partial charge >= 0.3 is 0 Å². The Morgan fingerprint density at radius 1 is 1.48 bits per heavy atom. The largest absolute Gasteiger partial charge is 0.447 e. The normalized spacial score (nSPS) is 15.2. The molecule has 0 spiro atoms. The third-order valence-corrected chi connectivity index (χ3v) is 3.51. The van der Waals surface area contributed by atoms with Crippen LogP contribution in [0.4, 0.5) is 0 Å². The van der Waals surface area contributed by atoms with E-state index in [4.69, 9.17) is 8.94 Å². The van der Waals surface area contributed by atoms with Gasteiger partial charge in [0.2, 0.25) is 5.89 Å². The quantitative estimate of drug-likeness (QED) is 0.906. The van der Waals surface area contributed by atoms with Gasteiger partial charge in [0.25, 0.3) is 5.91 Å². The van der Waals surface area contributed by atoms with Gasteiger partial charge in [0.15, 0.2) is 17.9 Å². The van der Waals surface area contributed by atoms with E-state index < -0.39 is 5.54 Å². The Balaban J connectivity index is 1.77. The van der Waals surface area contributed by atoms with Crippen LogP contribution in [-0.2, 0) is 12.0 Å². The first-order valence-electron chi connectivity index (χ1n) is 7.10. The number of oxazole rings is 1. The summed E-state index contributed by atoms with van der Waals surface area (Å²) in [5.74, 6) is 1.72. The van der Waals surface area contributed by atoms with Crippen molar-refractivity contribution in [3.8, 4) is 0 Å². The second-order valence-corrected chi connectivity index (χ2v) is 5.78. The Hall–Kier alpha value is -2.18. The summed E-state index contributed by atoms with van der Waals surface area (Å²) in [4.78, 5) is 20.7. The molecule has 7 nitrogen and oxygen atoms in total. The molecule has 7 heteroatoms. The molecule has 3 rings (SSSR count). The molecule has 1 fully saturated rings. The molecule has 1 saturated carbocycles. The van der Waals surface area contributed by atoms with Gasteiger partial charge in [0.05, 0.1) is 5.54 Å². The van der Waals surface area contributed by atoms with E-state index in [-0.39, 0.29) is 5.91 Å². The number of nitrogens with one attached hydrogen (secondary N) is 1. The molecule has 21 heavy (non-hydrogen) atoms. The lowest BCUT2D eigenvalue weighted by Crippen LogP contribution is -2.42. The summed E-state index contributed by atoms with van der Waals surface area (Å²) in [6.07, 6.45) is 4.07. The van der Waals surface area contributed by atoms with Crippen molar-refractivity contribution < 1.29 is 13.7 Å². The van der Waals surface area contributed by atoms with Crippen molar-refractivity contribution in [1.82, 2.24) is 20.4 Å². The summed E-state index contributed by atoms with van der Waals surface area (Å²) >= 11 is 0. The van der Waals surface area contributed by atoms with E-state index in [0.717, 1.165) is 12.8 Å². The molecule has 0 aliphatic heterocycles. The number of aryl methyl sites for hydroxylation is 1. The summed E-state index contributed by atoms with van der Waals surface area (Å²) in [7, 11) is 0. The fourth-order valence-corrected chi connectivity index (χ4v) is 2.11. The Kier molecular flexibility index (Phi) is 3.27. The minimum atomic E-state index is -0.742. The minimum Gasteiger partial charge on any atom is -0.447 e. The maximum absolute atomic E-state index is 12.4. The van der Waals surface area contributed by atoms with Gasteiger partial charge in [-0.15, -0.1) is 0 Å². The number of hydrogen-bond donors (Lipinski definition) is 1. The standard InChI is InChI=1S/C14H18N4O3/c1-4-9-16-13(18-21-9)14(2,3)17-12(19)10-11(8-5-6-8)20-7-15-10/h7-8H,4-6H2,1-3H3,(H,17,19). The highest BCUT2D eigenvalue weighted by molar-refractivity contribution is 5.93.